The van der Waals surface area contributed by atoms with Crippen LogP contribution in [0.3, 0.4) is 0 Å². The van der Waals surface area contributed by atoms with Gasteiger partial charge >= 0.3 is 5.97 Å². The lowest BCUT2D eigenvalue weighted by molar-refractivity contribution is -0.151. The van der Waals surface area contributed by atoms with Gasteiger partial charge in [-0.25, -0.2) is 0 Å². The number of rotatable bonds is 6. The van der Waals surface area contributed by atoms with Gasteiger partial charge in [0.2, 0.25) is 0 Å². The van der Waals surface area contributed by atoms with Crippen LogP contribution in [0.5, 0.6) is 0 Å². The van der Waals surface area contributed by atoms with Crippen LogP contribution in [0.2, 0.25) is 0 Å². The maximum Gasteiger partial charge on any atom is 0.306 e. The SMILES string of the molecule is CCCC(=O)O[C@@H]1CCC[C@@H]([C@H]2CC[C@@H](CCC)CC2)C1. The molecule has 0 saturated heterocycles. The van der Waals surface area contributed by atoms with Gasteiger partial charge in [-0.2, -0.15) is 0 Å². The van der Waals surface area contributed by atoms with E-state index in [-0.39, 0.29) is 12.1 Å². The summed E-state index contributed by atoms with van der Waals surface area (Å²) in [6, 6.07) is 0. The quantitative estimate of drug-likeness (QED) is 0.605. The van der Waals surface area contributed by atoms with Crippen LogP contribution in [-0.2, 0) is 9.53 Å². The second-order valence-electron chi connectivity index (χ2n) is 7.36. The maximum absolute atomic E-state index is 11.7. The van der Waals surface area contributed by atoms with Gasteiger partial charge in [0.15, 0.2) is 0 Å². The normalized spacial score (nSPS) is 33.6. The van der Waals surface area contributed by atoms with E-state index in [1.54, 1.807) is 0 Å². The Morgan fingerprint density at radius 1 is 0.952 bits per heavy atom. The maximum atomic E-state index is 11.7. The van der Waals surface area contributed by atoms with Crippen LogP contribution >= 0.6 is 0 Å². The van der Waals surface area contributed by atoms with Gasteiger partial charge in [0.25, 0.3) is 0 Å². The fraction of sp³-hybridized carbons (Fsp3) is 0.947. The Bertz CT molecular complexity index is 305. The molecule has 0 aromatic carbocycles. The molecule has 2 saturated carbocycles. The number of hydrogen-bond donors (Lipinski definition) is 0. The average molecular weight is 294 g/mol. The largest absolute Gasteiger partial charge is 0.462 e. The molecular formula is C19H34O2. The lowest BCUT2D eigenvalue weighted by Gasteiger charge is -2.38. The minimum absolute atomic E-state index is 0.0230. The molecule has 0 bridgehead atoms. The van der Waals surface area contributed by atoms with Crippen molar-refractivity contribution in [2.45, 2.75) is 97.0 Å². The van der Waals surface area contributed by atoms with E-state index in [2.05, 4.69) is 6.92 Å². The summed E-state index contributed by atoms with van der Waals surface area (Å²) in [4.78, 5) is 11.7. The molecule has 0 amide bonds. The van der Waals surface area contributed by atoms with Crippen LogP contribution in [0.1, 0.15) is 90.9 Å². The van der Waals surface area contributed by atoms with Gasteiger partial charge in [-0.1, -0.05) is 39.5 Å². The minimum Gasteiger partial charge on any atom is -0.462 e. The van der Waals surface area contributed by atoms with Crippen LogP contribution in [0.4, 0.5) is 0 Å². The van der Waals surface area contributed by atoms with E-state index in [0.29, 0.717) is 6.42 Å². The Morgan fingerprint density at radius 2 is 1.71 bits per heavy atom. The van der Waals surface area contributed by atoms with E-state index in [0.717, 1.165) is 37.0 Å². The molecule has 0 aromatic heterocycles. The molecule has 0 aromatic rings. The Hall–Kier alpha value is -0.530. The monoisotopic (exact) mass is 294 g/mol. The zero-order valence-corrected chi connectivity index (χ0v) is 14.1. The molecule has 2 atom stereocenters. The first-order valence-electron chi connectivity index (χ1n) is 9.42. The Balaban J connectivity index is 1.75. The van der Waals surface area contributed by atoms with E-state index in [1.807, 2.05) is 6.92 Å². The van der Waals surface area contributed by atoms with E-state index in [4.69, 9.17) is 4.74 Å². The van der Waals surface area contributed by atoms with Gasteiger partial charge < -0.3 is 4.74 Å². The highest BCUT2D eigenvalue weighted by molar-refractivity contribution is 5.69. The summed E-state index contributed by atoms with van der Waals surface area (Å²) in [6.07, 6.45) is 15.0. The Morgan fingerprint density at radius 3 is 2.38 bits per heavy atom. The van der Waals surface area contributed by atoms with Crippen LogP contribution in [0.15, 0.2) is 0 Å². The minimum atomic E-state index is 0.0230. The number of hydrogen-bond acceptors (Lipinski definition) is 2. The molecule has 2 fully saturated rings. The fourth-order valence-corrected chi connectivity index (χ4v) is 4.52. The average Bonchev–Trinajstić information content (AvgIpc) is 2.49. The molecule has 0 N–H and O–H groups in total. The smallest absolute Gasteiger partial charge is 0.306 e. The summed E-state index contributed by atoms with van der Waals surface area (Å²) in [7, 11) is 0. The standard InChI is InChI=1S/C19H34O2/c1-3-6-15-10-12-16(13-11-15)17-8-5-9-18(14-17)21-19(20)7-4-2/h15-18H,3-14H2,1-2H3/t15-,16+,17-,18-/m1/s1. The van der Waals surface area contributed by atoms with Crippen LogP contribution < -0.4 is 0 Å². The molecule has 2 aliphatic rings. The predicted octanol–water partition coefficient (Wildman–Crippen LogP) is 5.50. The van der Waals surface area contributed by atoms with Crippen LogP contribution in [-0.4, -0.2) is 12.1 Å². The molecule has 2 nitrogen and oxygen atoms in total. The van der Waals surface area contributed by atoms with Gasteiger partial charge in [0.1, 0.15) is 6.10 Å². The first kappa shape index (κ1) is 16.8. The van der Waals surface area contributed by atoms with E-state index in [1.165, 1.54) is 51.4 Å². The van der Waals surface area contributed by atoms with Crippen molar-refractivity contribution in [3.8, 4) is 0 Å². The third-order valence-electron chi connectivity index (χ3n) is 5.67. The van der Waals surface area contributed by atoms with Crippen LogP contribution in [0.25, 0.3) is 0 Å². The van der Waals surface area contributed by atoms with E-state index >= 15 is 0 Å². The molecule has 2 rings (SSSR count). The number of carbonyl (C=O) groups excluding carboxylic acids is 1. The molecule has 0 aliphatic heterocycles. The first-order chi connectivity index (χ1) is 10.2. The van der Waals surface area contributed by atoms with E-state index in [9.17, 15) is 4.79 Å². The summed E-state index contributed by atoms with van der Waals surface area (Å²) in [5, 5.41) is 0. The molecule has 0 unspecified atom stereocenters. The van der Waals surface area contributed by atoms with Gasteiger partial charge in [0, 0.05) is 6.42 Å². The number of esters is 1. The third-order valence-corrected chi connectivity index (χ3v) is 5.67. The molecule has 2 heteroatoms. The molecule has 2 aliphatic carbocycles. The third kappa shape index (κ3) is 5.30. The lowest BCUT2D eigenvalue weighted by Crippen LogP contribution is -2.31. The highest BCUT2D eigenvalue weighted by atomic mass is 16.5. The van der Waals surface area contributed by atoms with Gasteiger partial charge in [-0.15, -0.1) is 0 Å². The van der Waals surface area contributed by atoms with Gasteiger partial charge in [0.05, 0.1) is 0 Å². The van der Waals surface area contributed by atoms with Gasteiger partial charge in [-0.05, 0) is 62.7 Å². The molecule has 21 heavy (non-hydrogen) atoms. The molecular weight excluding hydrogens is 260 g/mol. The highest BCUT2D eigenvalue weighted by Crippen LogP contribution is 2.41. The predicted molar refractivity (Wildman–Crippen MR) is 87.1 cm³/mol. The Labute approximate surface area is 131 Å². The van der Waals surface area contributed by atoms with Gasteiger partial charge in [-0.3, -0.25) is 4.79 Å². The topological polar surface area (TPSA) is 26.3 Å². The summed E-state index contributed by atoms with van der Waals surface area (Å²) in [6.45, 7) is 4.35. The van der Waals surface area contributed by atoms with Crippen molar-refractivity contribution < 1.29 is 9.53 Å². The summed E-state index contributed by atoms with van der Waals surface area (Å²) in [5.74, 6) is 2.74. The zero-order chi connectivity index (χ0) is 15.1. The van der Waals surface area contributed by atoms with Crippen LogP contribution in [0, 0.1) is 17.8 Å². The Kier molecular flexibility index (Phi) is 7.06. The molecule has 0 spiro atoms. The van der Waals surface area contributed by atoms with Crippen molar-refractivity contribution >= 4 is 5.97 Å². The fourth-order valence-electron chi connectivity index (χ4n) is 4.52. The lowest BCUT2D eigenvalue weighted by atomic mass is 9.70. The van der Waals surface area contributed by atoms with Crippen molar-refractivity contribution in [1.29, 1.82) is 0 Å². The molecule has 0 radical (unpaired) electrons. The second kappa shape index (κ2) is 8.80. The van der Waals surface area contributed by atoms with E-state index < -0.39 is 0 Å². The summed E-state index contributed by atoms with van der Waals surface area (Å²) < 4.78 is 5.67. The summed E-state index contributed by atoms with van der Waals surface area (Å²) >= 11 is 0. The van der Waals surface area contributed by atoms with Crippen molar-refractivity contribution in [2.24, 2.45) is 17.8 Å². The first-order valence-corrected chi connectivity index (χ1v) is 9.42. The summed E-state index contributed by atoms with van der Waals surface area (Å²) in [5.41, 5.74) is 0. The zero-order valence-electron chi connectivity index (χ0n) is 14.1. The van der Waals surface area contributed by atoms with Crippen molar-refractivity contribution in [3.05, 3.63) is 0 Å². The second-order valence-corrected chi connectivity index (χ2v) is 7.36. The number of carbonyl (C=O) groups is 1. The van der Waals surface area contributed by atoms with Crippen molar-refractivity contribution in [1.82, 2.24) is 0 Å². The van der Waals surface area contributed by atoms with Crippen molar-refractivity contribution in [3.63, 3.8) is 0 Å². The van der Waals surface area contributed by atoms with Crippen molar-refractivity contribution in [2.75, 3.05) is 0 Å². The number of ether oxygens (including phenoxy) is 1. The molecule has 122 valence electrons. The molecule has 0 heterocycles. The highest BCUT2D eigenvalue weighted by Gasteiger charge is 2.32.